The van der Waals surface area contributed by atoms with E-state index in [0.717, 1.165) is 17.8 Å². The summed E-state index contributed by atoms with van der Waals surface area (Å²) < 4.78 is 0. The minimum absolute atomic E-state index is 0.0991. The number of carbonyl (C=O) groups is 1. The highest BCUT2D eigenvalue weighted by molar-refractivity contribution is 5.99. The molecule has 1 N–H and O–H groups in total. The predicted molar refractivity (Wildman–Crippen MR) is 56.2 cm³/mol. The molecule has 1 aromatic carbocycles. The fourth-order valence-corrected chi connectivity index (χ4v) is 1.75. The molecule has 1 heterocycles. The summed E-state index contributed by atoms with van der Waals surface area (Å²) in [5, 5.41) is 2.83. The van der Waals surface area contributed by atoms with E-state index in [1.54, 1.807) is 0 Å². The molecule has 2 rings (SSSR count). The van der Waals surface area contributed by atoms with Crippen molar-refractivity contribution in [3.05, 3.63) is 29.3 Å². The van der Waals surface area contributed by atoms with Crippen LogP contribution < -0.4 is 5.32 Å². The molecule has 0 unspecified atom stereocenters. The Labute approximate surface area is 83.7 Å². The lowest BCUT2D eigenvalue weighted by molar-refractivity contribution is -0.115. The predicted octanol–water partition coefficient (Wildman–Crippen LogP) is 1.24. The fraction of sp³-hybridized carbons (Fsp3) is 0.364. The molecule has 0 bridgehead atoms. The van der Waals surface area contributed by atoms with Gasteiger partial charge in [-0.15, -0.1) is 0 Å². The second kappa shape index (κ2) is 3.42. The van der Waals surface area contributed by atoms with Gasteiger partial charge in [0.2, 0.25) is 5.91 Å². The molecule has 0 spiro atoms. The van der Waals surface area contributed by atoms with E-state index in [2.05, 4.69) is 22.3 Å². The zero-order valence-corrected chi connectivity index (χ0v) is 8.50. The number of hydrogen-bond donors (Lipinski definition) is 1. The third kappa shape index (κ3) is 1.77. The first kappa shape index (κ1) is 9.21. The maximum atomic E-state index is 11.1. The number of rotatable bonds is 2. The van der Waals surface area contributed by atoms with Crippen LogP contribution in [0.15, 0.2) is 18.2 Å². The van der Waals surface area contributed by atoms with E-state index in [-0.39, 0.29) is 5.91 Å². The Balaban J connectivity index is 2.24. The van der Waals surface area contributed by atoms with E-state index < -0.39 is 0 Å². The Morgan fingerprint density at radius 1 is 1.43 bits per heavy atom. The van der Waals surface area contributed by atoms with E-state index in [9.17, 15) is 4.79 Å². The molecular formula is C11H14N2O. The van der Waals surface area contributed by atoms with Crippen LogP contribution in [0.4, 0.5) is 5.69 Å². The molecule has 0 fully saturated rings. The zero-order valence-electron chi connectivity index (χ0n) is 8.50. The van der Waals surface area contributed by atoms with Crippen molar-refractivity contribution in [2.75, 3.05) is 19.4 Å². The van der Waals surface area contributed by atoms with Crippen molar-refractivity contribution in [1.29, 1.82) is 0 Å². The summed E-state index contributed by atoms with van der Waals surface area (Å²) in [7, 11) is 4.08. The van der Waals surface area contributed by atoms with Gasteiger partial charge in [0.05, 0.1) is 6.42 Å². The minimum Gasteiger partial charge on any atom is -0.326 e. The number of nitrogens with one attached hydrogen (secondary N) is 1. The van der Waals surface area contributed by atoms with Crippen LogP contribution in [0.2, 0.25) is 0 Å². The topological polar surface area (TPSA) is 32.3 Å². The second-order valence-corrected chi connectivity index (χ2v) is 3.95. The number of benzene rings is 1. The SMILES string of the molecule is CN(C)Cc1ccc2c(c1)CC(=O)N2. The molecule has 0 radical (unpaired) electrons. The first-order valence-electron chi connectivity index (χ1n) is 4.71. The third-order valence-electron chi connectivity index (χ3n) is 2.29. The average Bonchev–Trinajstić information content (AvgIpc) is 2.42. The maximum absolute atomic E-state index is 11.1. The number of nitrogens with zero attached hydrogens (tertiary/aromatic N) is 1. The quantitative estimate of drug-likeness (QED) is 0.761. The van der Waals surface area contributed by atoms with Crippen LogP contribution in [0, 0.1) is 0 Å². The van der Waals surface area contributed by atoms with Gasteiger partial charge in [0.25, 0.3) is 0 Å². The van der Waals surface area contributed by atoms with Crippen LogP contribution in [-0.2, 0) is 17.8 Å². The Bertz CT molecular complexity index is 372. The van der Waals surface area contributed by atoms with Crippen molar-refractivity contribution in [2.45, 2.75) is 13.0 Å². The Hall–Kier alpha value is -1.35. The smallest absolute Gasteiger partial charge is 0.228 e. The highest BCUT2D eigenvalue weighted by Gasteiger charge is 2.17. The summed E-state index contributed by atoms with van der Waals surface area (Å²) in [5.74, 6) is 0.0991. The molecule has 0 saturated heterocycles. The number of amides is 1. The number of fused-ring (bicyclic) bond motifs is 1. The van der Waals surface area contributed by atoms with Gasteiger partial charge in [0.15, 0.2) is 0 Å². The Kier molecular flexibility index (Phi) is 2.25. The molecular weight excluding hydrogens is 176 g/mol. The Morgan fingerprint density at radius 3 is 2.93 bits per heavy atom. The van der Waals surface area contributed by atoms with Gasteiger partial charge >= 0.3 is 0 Å². The largest absolute Gasteiger partial charge is 0.326 e. The standard InChI is InChI=1S/C11H14N2O/c1-13(2)7-8-3-4-10-9(5-8)6-11(14)12-10/h3-5H,6-7H2,1-2H3,(H,12,14). The molecule has 0 aliphatic carbocycles. The summed E-state index contributed by atoms with van der Waals surface area (Å²) in [4.78, 5) is 13.2. The van der Waals surface area contributed by atoms with Crippen LogP contribution in [0.1, 0.15) is 11.1 Å². The monoisotopic (exact) mass is 190 g/mol. The molecule has 0 saturated carbocycles. The molecule has 74 valence electrons. The highest BCUT2D eigenvalue weighted by atomic mass is 16.1. The average molecular weight is 190 g/mol. The molecule has 14 heavy (non-hydrogen) atoms. The van der Waals surface area contributed by atoms with E-state index in [1.807, 2.05) is 20.2 Å². The molecule has 0 atom stereocenters. The number of carbonyl (C=O) groups excluding carboxylic acids is 1. The van der Waals surface area contributed by atoms with Crippen LogP contribution in [0.5, 0.6) is 0 Å². The van der Waals surface area contributed by atoms with Gasteiger partial charge in [-0.3, -0.25) is 4.79 Å². The van der Waals surface area contributed by atoms with Gasteiger partial charge in [-0.1, -0.05) is 12.1 Å². The summed E-state index contributed by atoms with van der Waals surface area (Å²) >= 11 is 0. The lowest BCUT2D eigenvalue weighted by Gasteiger charge is -2.10. The lowest BCUT2D eigenvalue weighted by Crippen LogP contribution is -2.10. The molecule has 1 aliphatic heterocycles. The number of anilines is 1. The first-order chi connectivity index (χ1) is 6.65. The van der Waals surface area contributed by atoms with Crippen molar-refractivity contribution in [3.63, 3.8) is 0 Å². The van der Waals surface area contributed by atoms with Crippen molar-refractivity contribution < 1.29 is 4.79 Å². The first-order valence-corrected chi connectivity index (χ1v) is 4.71. The van der Waals surface area contributed by atoms with Crippen molar-refractivity contribution >= 4 is 11.6 Å². The van der Waals surface area contributed by atoms with E-state index in [1.165, 1.54) is 5.56 Å². The lowest BCUT2D eigenvalue weighted by atomic mass is 10.1. The molecule has 3 heteroatoms. The Morgan fingerprint density at radius 2 is 2.21 bits per heavy atom. The second-order valence-electron chi connectivity index (χ2n) is 3.95. The molecule has 1 amide bonds. The third-order valence-corrected chi connectivity index (χ3v) is 2.29. The zero-order chi connectivity index (χ0) is 10.1. The van der Waals surface area contributed by atoms with Crippen LogP contribution in [-0.4, -0.2) is 24.9 Å². The summed E-state index contributed by atoms with van der Waals surface area (Å²) in [6.45, 7) is 0.918. The van der Waals surface area contributed by atoms with Crippen molar-refractivity contribution in [1.82, 2.24) is 4.90 Å². The number of hydrogen-bond acceptors (Lipinski definition) is 2. The van der Waals surface area contributed by atoms with Gasteiger partial charge in [-0.2, -0.15) is 0 Å². The van der Waals surface area contributed by atoms with Gasteiger partial charge in [0.1, 0.15) is 0 Å². The van der Waals surface area contributed by atoms with E-state index in [4.69, 9.17) is 0 Å². The summed E-state index contributed by atoms with van der Waals surface area (Å²) in [6.07, 6.45) is 0.524. The normalized spacial score (nSPS) is 14.4. The highest BCUT2D eigenvalue weighted by Crippen LogP contribution is 2.23. The van der Waals surface area contributed by atoms with Crippen LogP contribution in [0.25, 0.3) is 0 Å². The van der Waals surface area contributed by atoms with Crippen molar-refractivity contribution in [3.8, 4) is 0 Å². The molecule has 1 aliphatic rings. The van der Waals surface area contributed by atoms with E-state index >= 15 is 0 Å². The molecule has 0 aromatic heterocycles. The molecule has 3 nitrogen and oxygen atoms in total. The van der Waals surface area contributed by atoms with Gasteiger partial charge in [-0.05, 0) is 31.3 Å². The van der Waals surface area contributed by atoms with Gasteiger partial charge in [0, 0.05) is 12.2 Å². The fourth-order valence-electron chi connectivity index (χ4n) is 1.75. The summed E-state index contributed by atoms with van der Waals surface area (Å²) in [5.41, 5.74) is 3.34. The summed E-state index contributed by atoms with van der Waals surface area (Å²) in [6, 6.07) is 6.15. The maximum Gasteiger partial charge on any atom is 0.228 e. The van der Waals surface area contributed by atoms with Crippen LogP contribution in [0.3, 0.4) is 0 Å². The van der Waals surface area contributed by atoms with Gasteiger partial charge in [-0.25, -0.2) is 0 Å². The van der Waals surface area contributed by atoms with Gasteiger partial charge < -0.3 is 10.2 Å². The van der Waals surface area contributed by atoms with E-state index in [0.29, 0.717) is 6.42 Å². The van der Waals surface area contributed by atoms with Crippen molar-refractivity contribution in [2.24, 2.45) is 0 Å². The molecule has 1 aromatic rings. The van der Waals surface area contributed by atoms with Crippen LogP contribution >= 0.6 is 0 Å². The minimum atomic E-state index is 0.0991.